The molecule has 0 spiro atoms. The number of amides is 1. The summed E-state index contributed by atoms with van der Waals surface area (Å²) in [5.74, 6) is -0.546. The number of carbonyl (C=O) groups excluding carboxylic acids is 1. The normalized spacial score (nSPS) is 17.9. The van der Waals surface area contributed by atoms with Crippen LogP contribution in [0.4, 0.5) is 14.9 Å². The van der Waals surface area contributed by atoms with E-state index in [-0.39, 0.29) is 17.7 Å². The molecule has 1 heterocycles. The van der Waals surface area contributed by atoms with Gasteiger partial charge in [0.05, 0.1) is 12.8 Å². The van der Waals surface area contributed by atoms with Crippen LogP contribution in [-0.2, 0) is 4.74 Å². The lowest BCUT2D eigenvalue weighted by atomic mass is 10.1. The summed E-state index contributed by atoms with van der Waals surface area (Å²) in [6.07, 6.45) is 0.361. The maximum atomic E-state index is 13.4. The fraction of sp³-hybridized carbons (Fsp3) is 0.385. The number of halogens is 1. The number of likely N-dealkylation sites (tertiary alicyclic amines) is 1. The predicted octanol–water partition coefficient (Wildman–Crippen LogP) is 1.95. The number of carbonyl (C=O) groups is 1. The Kier molecular flexibility index (Phi) is 3.85. The Balaban J connectivity index is 2.06. The minimum Gasteiger partial charge on any atom is -0.453 e. The number of rotatable bonds is 2. The van der Waals surface area contributed by atoms with Crippen molar-refractivity contribution in [2.45, 2.75) is 12.5 Å². The van der Waals surface area contributed by atoms with Gasteiger partial charge in [-0.3, -0.25) is 0 Å². The number of nitriles is 1. The largest absolute Gasteiger partial charge is 0.453 e. The molecule has 5 nitrogen and oxygen atoms in total. The van der Waals surface area contributed by atoms with E-state index in [2.05, 4.69) is 10.1 Å². The summed E-state index contributed by atoms with van der Waals surface area (Å²) in [7, 11) is 1.34. The average molecular weight is 263 g/mol. The van der Waals surface area contributed by atoms with Gasteiger partial charge in [-0.25, -0.2) is 9.18 Å². The van der Waals surface area contributed by atoms with E-state index in [0.29, 0.717) is 18.8 Å². The van der Waals surface area contributed by atoms with E-state index in [1.54, 1.807) is 17.0 Å². The van der Waals surface area contributed by atoms with Crippen LogP contribution >= 0.6 is 0 Å². The van der Waals surface area contributed by atoms with Crippen LogP contribution in [-0.4, -0.2) is 37.2 Å². The lowest BCUT2D eigenvalue weighted by Gasteiger charge is -2.17. The molecule has 1 N–H and O–H groups in total. The first kappa shape index (κ1) is 13.1. The molecule has 0 aliphatic carbocycles. The van der Waals surface area contributed by atoms with Crippen LogP contribution in [0.5, 0.6) is 0 Å². The van der Waals surface area contributed by atoms with Gasteiger partial charge in [0.15, 0.2) is 0 Å². The molecular weight excluding hydrogens is 249 g/mol. The highest BCUT2D eigenvalue weighted by molar-refractivity contribution is 5.68. The van der Waals surface area contributed by atoms with Gasteiger partial charge in [0, 0.05) is 19.1 Å². The summed E-state index contributed by atoms with van der Waals surface area (Å²) in [5, 5.41) is 12.0. The molecule has 1 fully saturated rings. The third kappa shape index (κ3) is 2.76. The lowest BCUT2D eigenvalue weighted by Crippen LogP contribution is -2.31. The molecular formula is C13H14FN3O2. The van der Waals surface area contributed by atoms with E-state index < -0.39 is 5.82 Å². The first-order valence-corrected chi connectivity index (χ1v) is 5.93. The van der Waals surface area contributed by atoms with Crippen molar-refractivity contribution in [2.24, 2.45) is 0 Å². The SMILES string of the molecule is COC(=O)N1CC[C@@H](Nc2cccc(F)c2C#N)C1. The van der Waals surface area contributed by atoms with Crippen LogP contribution in [0.3, 0.4) is 0 Å². The van der Waals surface area contributed by atoms with Crippen LogP contribution in [0.1, 0.15) is 12.0 Å². The minimum absolute atomic E-state index is 0.000909. The van der Waals surface area contributed by atoms with E-state index in [1.165, 1.54) is 13.2 Å². The van der Waals surface area contributed by atoms with Gasteiger partial charge in [-0.2, -0.15) is 5.26 Å². The zero-order chi connectivity index (χ0) is 13.8. The second-order valence-electron chi connectivity index (χ2n) is 4.32. The predicted molar refractivity (Wildman–Crippen MR) is 67.1 cm³/mol. The van der Waals surface area contributed by atoms with E-state index in [1.807, 2.05) is 6.07 Å². The van der Waals surface area contributed by atoms with Crippen molar-refractivity contribution in [3.63, 3.8) is 0 Å². The summed E-state index contributed by atoms with van der Waals surface area (Å²) in [4.78, 5) is 12.9. The zero-order valence-electron chi connectivity index (χ0n) is 10.5. The van der Waals surface area contributed by atoms with Gasteiger partial charge in [-0.15, -0.1) is 0 Å². The quantitative estimate of drug-likeness (QED) is 0.885. The summed E-state index contributed by atoms with van der Waals surface area (Å²) in [6, 6.07) is 6.29. The van der Waals surface area contributed by atoms with Crippen molar-refractivity contribution in [1.82, 2.24) is 4.90 Å². The van der Waals surface area contributed by atoms with E-state index in [0.717, 1.165) is 6.42 Å². The molecule has 0 radical (unpaired) electrons. The second-order valence-corrected chi connectivity index (χ2v) is 4.32. The fourth-order valence-electron chi connectivity index (χ4n) is 2.15. The molecule has 6 heteroatoms. The van der Waals surface area contributed by atoms with Gasteiger partial charge in [-0.1, -0.05) is 6.07 Å². The molecule has 2 rings (SSSR count). The third-order valence-corrected chi connectivity index (χ3v) is 3.11. The molecule has 1 aliphatic rings. The van der Waals surface area contributed by atoms with Crippen LogP contribution < -0.4 is 5.32 Å². The van der Waals surface area contributed by atoms with Gasteiger partial charge in [0.25, 0.3) is 0 Å². The molecule has 100 valence electrons. The van der Waals surface area contributed by atoms with Crippen molar-refractivity contribution in [3.8, 4) is 6.07 Å². The van der Waals surface area contributed by atoms with E-state index in [9.17, 15) is 9.18 Å². The van der Waals surface area contributed by atoms with Gasteiger partial charge >= 0.3 is 6.09 Å². The highest BCUT2D eigenvalue weighted by Crippen LogP contribution is 2.21. The Labute approximate surface area is 110 Å². The molecule has 1 atom stereocenters. The maximum Gasteiger partial charge on any atom is 0.409 e. The number of benzene rings is 1. The maximum absolute atomic E-state index is 13.4. The highest BCUT2D eigenvalue weighted by Gasteiger charge is 2.27. The highest BCUT2D eigenvalue weighted by atomic mass is 19.1. The van der Waals surface area contributed by atoms with Gasteiger partial charge < -0.3 is 15.0 Å². The number of hydrogen-bond donors (Lipinski definition) is 1. The molecule has 19 heavy (non-hydrogen) atoms. The molecule has 1 aromatic carbocycles. The van der Waals surface area contributed by atoms with Crippen LogP contribution in [0.25, 0.3) is 0 Å². The standard InChI is InChI=1S/C13H14FN3O2/c1-19-13(18)17-6-5-9(8-17)16-12-4-2-3-11(14)10(12)7-15/h2-4,9,16H,5-6,8H2,1H3/t9-/m1/s1. The number of hydrogen-bond acceptors (Lipinski definition) is 4. The molecule has 0 unspecified atom stereocenters. The smallest absolute Gasteiger partial charge is 0.409 e. The third-order valence-electron chi connectivity index (χ3n) is 3.11. The first-order chi connectivity index (χ1) is 9.15. The summed E-state index contributed by atoms with van der Waals surface area (Å²) >= 11 is 0. The molecule has 0 bridgehead atoms. The Bertz CT molecular complexity index is 527. The minimum atomic E-state index is -0.546. The molecule has 0 aromatic heterocycles. The molecule has 1 amide bonds. The number of ether oxygens (including phenoxy) is 1. The second kappa shape index (κ2) is 5.57. The fourth-order valence-corrected chi connectivity index (χ4v) is 2.15. The van der Waals surface area contributed by atoms with Crippen molar-refractivity contribution in [1.29, 1.82) is 5.26 Å². The first-order valence-electron chi connectivity index (χ1n) is 5.93. The van der Waals surface area contributed by atoms with Crippen LogP contribution in [0.15, 0.2) is 18.2 Å². The topological polar surface area (TPSA) is 65.4 Å². The van der Waals surface area contributed by atoms with E-state index in [4.69, 9.17) is 5.26 Å². The average Bonchev–Trinajstić information content (AvgIpc) is 2.87. The van der Waals surface area contributed by atoms with Crippen molar-refractivity contribution in [3.05, 3.63) is 29.6 Å². The van der Waals surface area contributed by atoms with Gasteiger partial charge in [0.1, 0.15) is 17.4 Å². The number of methoxy groups -OCH3 is 1. The Morgan fingerprint density at radius 3 is 3.11 bits per heavy atom. The molecule has 1 saturated heterocycles. The van der Waals surface area contributed by atoms with Crippen LogP contribution in [0.2, 0.25) is 0 Å². The zero-order valence-corrected chi connectivity index (χ0v) is 10.5. The molecule has 0 saturated carbocycles. The number of anilines is 1. The monoisotopic (exact) mass is 263 g/mol. The lowest BCUT2D eigenvalue weighted by molar-refractivity contribution is 0.133. The Morgan fingerprint density at radius 1 is 1.63 bits per heavy atom. The van der Waals surface area contributed by atoms with E-state index >= 15 is 0 Å². The Hall–Kier alpha value is -2.29. The van der Waals surface area contributed by atoms with Crippen molar-refractivity contribution in [2.75, 3.05) is 25.5 Å². The molecule has 1 aliphatic heterocycles. The summed E-state index contributed by atoms with van der Waals surface area (Å²) < 4.78 is 18.1. The Morgan fingerprint density at radius 2 is 2.42 bits per heavy atom. The van der Waals surface area contributed by atoms with Gasteiger partial charge in [0.2, 0.25) is 0 Å². The van der Waals surface area contributed by atoms with Gasteiger partial charge in [-0.05, 0) is 18.6 Å². The summed E-state index contributed by atoms with van der Waals surface area (Å²) in [6.45, 7) is 1.07. The van der Waals surface area contributed by atoms with Crippen LogP contribution in [0, 0.1) is 17.1 Å². The number of nitrogens with one attached hydrogen (secondary N) is 1. The van der Waals surface area contributed by atoms with Crippen molar-refractivity contribution < 1.29 is 13.9 Å². The summed E-state index contributed by atoms with van der Waals surface area (Å²) in [5.41, 5.74) is 0.457. The number of nitrogens with zero attached hydrogens (tertiary/aromatic N) is 2. The molecule has 1 aromatic rings. The van der Waals surface area contributed by atoms with Crippen molar-refractivity contribution >= 4 is 11.8 Å².